The van der Waals surface area contributed by atoms with Crippen LogP contribution in [0.2, 0.25) is 0 Å². The van der Waals surface area contributed by atoms with Crippen LogP contribution >= 0.6 is 0 Å². The Kier molecular flexibility index (Phi) is 5.95. The zero-order chi connectivity index (χ0) is 13.5. The van der Waals surface area contributed by atoms with Crippen LogP contribution in [0.1, 0.15) is 51.9 Å². The lowest BCUT2D eigenvalue weighted by molar-refractivity contribution is 0.157. The molecule has 0 aromatic carbocycles. The molecule has 4 heteroatoms. The standard InChI is InChI=1S/C15H29N3O/c1-14-8-3-6-10-17(14)13-7-9-16-15(19)18-11-4-2-5-12-18/h14H,2-13H2,1H3,(H,16,19). The van der Waals surface area contributed by atoms with E-state index in [1.54, 1.807) is 0 Å². The third kappa shape index (κ3) is 4.68. The van der Waals surface area contributed by atoms with Crippen molar-refractivity contribution in [2.75, 3.05) is 32.7 Å². The molecule has 0 aliphatic carbocycles. The maximum atomic E-state index is 11.9. The van der Waals surface area contributed by atoms with Crippen molar-refractivity contribution in [3.05, 3.63) is 0 Å². The predicted molar refractivity (Wildman–Crippen MR) is 78.3 cm³/mol. The largest absolute Gasteiger partial charge is 0.338 e. The smallest absolute Gasteiger partial charge is 0.317 e. The number of rotatable bonds is 4. The van der Waals surface area contributed by atoms with Gasteiger partial charge in [0.1, 0.15) is 0 Å². The molecular formula is C15H29N3O. The summed E-state index contributed by atoms with van der Waals surface area (Å²) in [6.45, 7) is 7.39. The van der Waals surface area contributed by atoms with Gasteiger partial charge in [-0.1, -0.05) is 6.42 Å². The van der Waals surface area contributed by atoms with E-state index in [2.05, 4.69) is 17.1 Å². The Bertz CT molecular complexity index is 277. The third-order valence-electron chi connectivity index (χ3n) is 4.48. The SMILES string of the molecule is CC1CCCCN1CCCNC(=O)N1CCCCC1. The normalized spacial score (nSPS) is 25.3. The number of amides is 2. The highest BCUT2D eigenvalue weighted by atomic mass is 16.2. The summed E-state index contributed by atoms with van der Waals surface area (Å²) in [4.78, 5) is 16.4. The topological polar surface area (TPSA) is 35.6 Å². The molecule has 2 heterocycles. The summed E-state index contributed by atoms with van der Waals surface area (Å²) in [5.41, 5.74) is 0. The average Bonchev–Trinajstić information content (AvgIpc) is 2.46. The molecule has 2 fully saturated rings. The third-order valence-corrected chi connectivity index (χ3v) is 4.48. The first-order valence-corrected chi connectivity index (χ1v) is 8.04. The minimum Gasteiger partial charge on any atom is -0.338 e. The monoisotopic (exact) mass is 267 g/mol. The second-order valence-corrected chi connectivity index (χ2v) is 6.01. The van der Waals surface area contributed by atoms with E-state index in [-0.39, 0.29) is 6.03 Å². The van der Waals surface area contributed by atoms with Crippen molar-refractivity contribution in [1.29, 1.82) is 0 Å². The van der Waals surface area contributed by atoms with Gasteiger partial charge in [-0.2, -0.15) is 0 Å². The lowest BCUT2D eigenvalue weighted by Crippen LogP contribution is -2.44. The number of piperidine rings is 2. The molecule has 2 rings (SSSR count). The van der Waals surface area contributed by atoms with Gasteiger partial charge in [-0.15, -0.1) is 0 Å². The van der Waals surface area contributed by atoms with Crippen molar-refractivity contribution in [3.8, 4) is 0 Å². The van der Waals surface area contributed by atoms with E-state index in [1.807, 2.05) is 4.90 Å². The molecule has 1 N–H and O–H groups in total. The molecule has 0 aromatic heterocycles. The molecule has 4 nitrogen and oxygen atoms in total. The highest BCUT2D eigenvalue weighted by Crippen LogP contribution is 2.16. The molecule has 0 saturated carbocycles. The fourth-order valence-electron chi connectivity index (χ4n) is 3.18. The first kappa shape index (κ1) is 14.6. The van der Waals surface area contributed by atoms with Gasteiger partial charge in [0.15, 0.2) is 0 Å². The van der Waals surface area contributed by atoms with Crippen molar-refractivity contribution >= 4 is 6.03 Å². The Morgan fingerprint density at radius 1 is 1.11 bits per heavy atom. The van der Waals surface area contributed by atoms with Gasteiger partial charge < -0.3 is 15.1 Å². The lowest BCUT2D eigenvalue weighted by Gasteiger charge is -2.33. The number of likely N-dealkylation sites (tertiary alicyclic amines) is 2. The Labute approximate surface area is 117 Å². The maximum absolute atomic E-state index is 11.9. The number of carbonyl (C=O) groups excluding carboxylic acids is 1. The quantitative estimate of drug-likeness (QED) is 0.794. The molecule has 0 radical (unpaired) electrons. The van der Waals surface area contributed by atoms with E-state index < -0.39 is 0 Å². The summed E-state index contributed by atoms with van der Waals surface area (Å²) in [7, 11) is 0. The minimum atomic E-state index is 0.145. The van der Waals surface area contributed by atoms with Crippen LogP contribution in [0.25, 0.3) is 0 Å². The fourth-order valence-corrected chi connectivity index (χ4v) is 3.18. The molecule has 2 saturated heterocycles. The van der Waals surface area contributed by atoms with E-state index in [9.17, 15) is 4.79 Å². The molecular weight excluding hydrogens is 238 g/mol. The van der Waals surface area contributed by atoms with Crippen LogP contribution in [0.4, 0.5) is 4.79 Å². The highest BCUT2D eigenvalue weighted by Gasteiger charge is 2.18. The number of urea groups is 1. The van der Waals surface area contributed by atoms with Gasteiger partial charge in [-0.3, -0.25) is 0 Å². The number of nitrogens with zero attached hydrogens (tertiary/aromatic N) is 2. The van der Waals surface area contributed by atoms with E-state index in [4.69, 9.17) is 0 Å². The van der Waals surface area contributed by atoms with Gasteiger partial charge >= 0.3 is 6.03 Å². The zero-order valence-corrected chi connectivity index (χ0v) is 12.4. The number of nitrogens with one attached hydrogen (secondary N) is 1. The van der Waals surface area contributed by atoms with Crippen molar-refractivity contribution in [1.82, 2.24) is 15.1 Å². The molecule has 0 bridgehead atoms. The zero-order valence-electron chi connectivity index (χ0n) is 12.4. The predicted octanol–water partition coefficient (Wildman–Crippen LogP) is 2.45. The highest BCUT2D eigenvalue weighted by molar-refractivity contribution is 5.74. The second kappa shape index (κ2) is 7.73. The summed E-state index contributed by atoms with van der Waals surface area (Å²) < 4.78 is 0. The first-order chi connectivity index (χ1) is 9.27. The lowest BCUT2D eigenvalue weighted by atomic mass is 10.0. The molecule has 2 aliphatic heterocycles. The minimum absolute atomic E-state index is 0.145. The molecule has 1 unspecified atom stereocenters. The van der Waals surface area contributed by atoms with Crippen LogP contribution in [0, 0.1) is 0 Å². The van der Waals surface area contributed by atoms with Gasteiger partial charge in [-0.25, -0.2) is 4.79 Å². The van der Waals surface area contributed by atoms with Crippen molar-refractivity contribution in [2.45, 2.75) is 57.9 Å². The first-order valence-electron chi connectivity index (χ1n) is 8.04. The van der Waals surface area contributed by atoms with Gasteiger partial charge in [-0.05, 0) is 52.0 Å². The van der Waals surface area contributed by atoms with E-state index >= 15 is 0 Å². The molecule has 0 spiro atoms. The van der Waals surface area contributed by atoms with Crippen LogP contribution < -0.4 is 5.32 Å². The summed E-state index contributed by atoms with van der Waals surface area (Å²) >= 11 is 0. The Morgan fingerprint density at radius 2 is 1.84 bits per heavy atom. The number of carbonyl (C=O) groups is 1. The molecule has 2 amide bonds. The van der Waals surface area contributed by atoms with Gasteiger partial charge in [0.25, 0.3) is 0 Å². The number of hydrogen-bond acceptors (Lipinski definition) is 2. The molecule has 0 aromatic rings. The average molecular weight is 267 g/mol. The van der Waals surface area contributed by atoms with Gasteiger partial charge in [0, 0.05) is 32.2 Å². The van der Waals surface area contributed by atoms with Crippen LogP contribution in [0.15, 0.2) is 0 Å². The summed E-state index contributed by atoms with van der Waals surface area (Å²) in [6, 6.07) is 0.873. The molecule has 110 valence electrons. The van der Waals surface area contributed by atoms with Crippen LogP contribution in [-0.2, 0) is 0 Å². The van der Waals surface area contributed by atoms with Gasteiger partial charge in [0.05, 0.1) is 0 Å². The van der Waals surface area contributed by atoms with Gasteiger partial charge in [0.2, 0.25) is 0 Å². The fraction of sp³-hybridized carbons (Fsp3) is 0.933. The molecule has 2 aliphatic rings. The van der Waals surface area contributed by atoms with E-state index in [0.29, 0.717) is 0 Å². The Morgan fingerprint density at radius 3 is 2.58 bits per heavy atom. The van der Waals surface area contributed by atoms with Crippen LogP contribution in [0.3, 0.4) is 0 Å². The van der Waals surface area contributed by atoms with Crippen LogP contribution in [-0.4, -0.2) is 54.6 Å². The van der Waals surface area contributed by atoms with Crippen molar-refractivity contribution in [3.63, 3.8) is 0 Å². The van der Waals surface area contributed by atoms with E-state index in [1.165, 1.54) is 45.1 Å². The molecule has 19 heavy (non-hydrogen) atoms. The van der Waals surface area contributed by atoms with E-state index in [0.717, 1.165) is 38.6 Å². The summed E-state index contributed by atoms with van der Waals surface area (Å²) in [5, 5.41) is 3.07. The Hall–Kier alpha value is -0.770. The second-order valence-electron chi connectivity index (χ2n) is 6.01. The van der Waals surface area contributed by atoms with Crippen molar-refractivity contribution in [2.24, 2.45) is 0 Å². The molecule has 1 atom stereocenters. The Balaban J connectivity index is 1.56. The van der Waals surface area contributed by atoms with Crippen LogP contribution in [0.5, 0.6) is 0 Å². The summed E-state index contributed by atoms with van der Waals surface area (Å²) in [6.07, 6.45) is 8.73. The maximum Gasteiger partial charge on any atom is 0.317 e. The number of hydrogen-bond donors (Lipinski definition) is 1. The summed E-state index contributed by atoms with van der Waals surface area (Å²) in [5.74, 6) is 0. The van der Waals surface area contributed by atoms with Crippen molar-refractivity contribution < 1.29 is 4.79 Å².